The molecule has 0 radical (unpaired) electrons. The predicted octanol–water partition coefficient (Wildman–Crippen LogP) is 3.65. The van der Waals surface area contributed by atoms with Gasteiger partial charge in [-0.15, -0.1) is 11.3 Å². The Labute approximate surface area is 116 Å². The summed E-state index contributed by atoms with van der Waals surface area (Å²) in [5, 5.41) is 7.88. The molecule has 0 spiro atoms. The van der Waals surface area contributed by atoms with Crippen molar-refractivity contribution in [2.24, 2.45) is 0 Å². The summed E-state index contributed by atoms with van der Waals surface area (Å²) in [5.74, 6) is 0. The molecule has 0 saturated heterocycles. The quantitative estimate of drug-likeness (QED) is 0.785. The first kappa shape index (κ1) is 12.1. The molecule has 0 amide bonds. The van der Waals surface area contributed by atoms with Crippen molar-refractivity contribution in [3.05, 3.63) is 52.6 Å². The minimum Gasteiger partial charge on any atom is -0.385 e. The monoisotopic (exact) mass is 269 g/mol. The molecule has 0 aliphatic heterocycles. The highest BCUT2D eigenvalue weighted by Gasteiger charge is 1.99. The molecule has 96 valence electrons. The average Bonchev–Trinajstić information content (AvgIpc) is 2.84. The number of pyridine rings is 1. The van der Waals surface area contributed by atoms with Crippen molar-refractivity contribution in [1.82, 2.24) is 9.97 Å². The van der Waals surface area contributed by atoms with Crippen LogP contribution in [-0.2, 0) is 6.42 Å². The van der Waals surface area contributed by atoms with Crippen molar-refractivity contribution in [3.8, 4) is 0 Å². The summed E-state index contributed by atoms with van der Waals surface area (Å²) < 4.78 is 0. The number of fused-ring (bicyclic) bond motifs is 1. The van der Waals surface area contributed by atoms with Crippen molar-refractivity contribution in [2.45, 2.75) is 13.3 Å². The molecule has 3 aromatic rings. The van der Waals surface area contributed by atoms with Gasteiger partial charge in [0.2, 0.25) is 0 Å². The Bertz CT molecular complexity index is 690. The van der Waals surface area contributed by atoms with Gasteiger partial charge < -0.3 is 5.32 Å². The summed E-state index contributed by atoms with van der Waals surface area (Å²) in [6, 6.07) is 10.3. The first-order valence-corrected chi connectivity index (χ1v) is 7.19. The second kappa shape index (κ2) is 5.36. The Balaban J connectivity index is 1.65. The van der Waals surface area contributed by atoms with Crippen LogP contribution in [0.25, 0.3) is 10.9 Å². The van der Waals surface area contributed by atoms with Gasteiger partial charge in [0.25, 0.3) is 0 Å². The van der Waals surface area contributed by atoms with Crippen LogP contribution in [0.5, 0.6) is 0 Å². The van der Waals surface area contributed by atoms with E-state index in [4.69, 9.17) is 0 Å². The Morgan fingerprint density at radius 3 is 3.05 bits per heavy atom. The van der Waals surface area contributed by atoms with Gasteiger partial charge in [-0.25, -0.2) is 4.98 Å². The molecule has 0 atom stereocenters. The Morgan fingerprint density at radius 1 is 1.26 bits per heavy atom. The third-order valence-corrected chi connectivity index (χ3v) is 3.96. The van der Waals surface area contributed by atoms with Crippen LogP contribution < -0.4 is 5.32 Å². The van der Waals surface area contributed by atoms with Gasteiger partial charge in [-0.05, 0) is 31.2 Å². The summed E-state index contributed by atoms with van der Waals surface area (Å²) in [6.07, 6.45) is 2.78. The number of hydrogen-bond donors (Lipinski definition) is 1. The number of nitrogens with one attached hydrogen (secondary N) is 1. The van der Waals surface area contributed by atoms with E-state index in [9.17, 15) is 0 Å². The molecule has 0 unspecified atom stereocenters. The van der Waals surface area contributed by atoms with E-state index in [0.717, 1.165) is 35.2 Å². The molecule has 3 rings (SSSR count). The average molecular weight is 269 g/mol. The maximum absolute atomic E-state index is 4.46. The topological polar surface area (TPSA) is 37.8 Å². The maximum Gasteiger partial charge on any atom is 0.0945 e. The summed E-state index contributed by atoms with van der Waals surface area (Å²) >= 11 is 1.73. The lowest BCUT2D eigenvalue weighted by atomic mass is 10.2. The molecular formula is C15H15N3S. The molecule has 1 aromatic carbocycles. The number of nitrogens with zero attached hydrogens (tertiary/aromatic N) is 2. The largest absolute Gasteiger partial charge is 0.385 e. The van der Waals surface area contributed by atoms with Crippen LogP contribution in [-0.4, -0.2) is 16.5 Å². The van der Waals surface area contributed by atoms with Gasteiger partial charge in [0, 0.05) is 41.3 Å². The number of benzene rings is 1. The Morgan fingerprint density at radius 2 is 2.21 bits per heavy atom. The van der Waals surface area contributed by atoms with Crippen molar-refractivity contribution >= 4 is 27.9 Å². The van der Waals surface area contributed by atoms with Gasteiger partial charge in [0.1, 0.15) is 0 Å². The lowest BCUT2D eigenvalue weighted by Crippen LogP contribution is -2.04. The summed E-state index contributed by atoms with van der Waals surface area (Å²) in [4.78, 5) is 8.78. The smallest absolute Gasteiger partial charge is 0.0945 e. The van der Waals surface area contributed by atoms with E-state index in [2.05, 4.69) is 38.9 Å². The number of anilines is 1. The molecule has 0 bridgehead atoms. The standard InChI is InChI=1S/C15H15N3S/c1-11-10-19-15(18-11)6-8-16-13-4-5-14-12(9-13)3-2-7-17-14/h2-5,7,9-10,16H,6,8H2,1H3. The fourth-order valence-corrected chi connectivity index (χ4v) is 2.79. The fourth-order valence-electron chi connectivity index (χ4n) is 2.02. The molecule has 2 heterocycles. The normalized spacial score (nSPS) is 10.8. The zero-order valence-corrected chi connectivity index (χ0v) is 11.6. The van der Waals surface area contributed by atoms with E-state index in [-0.39, 0.29) is 0 Å². The van der Waals surface area contributed by atoms with E-state index >= 15 is 0 Å². The van der Waals surface area contributed by atoms with E-state index in [1.807, 2.05) is 25.3 Å². The van der Waals surface area contributed by atoms with Crippen LogP contribution in [0, 0.1) is 6.92 Å². The predicted molar refractivity (Wildman–Crippen MR) is 80.8 cm³/mol. The number of rotatable bonds is 4. The van der Waals surface area contributed by atoms with Crippen LogP contribution >= 0.6 is 11.3 Å². The highest BCUT2D eigenvalue weighted by molar-refractivity contribution is 7.09. The number of thiazole rings is 1. The van der Waals surface area contributed by atoms with Crippen LogP contribution in [0.1, 0.15) is 10.7 Å². The second-order valence-corrected chi connectivity index (χ2v) is 5.41. The maximum atomic E-state index is 4.46. The molecule has 0 fully saturated rings. The SMILES string of the molecule is Cc1csc(CCNc2ccc3ncccc3c2)n1. The highest BCUT2D eigenvalue weighted by Crippen LogP contribution is 2.17. The van der Waals surface area contributed by atoms with Crippen molar-refractivity contribution in [1.29, 1.82) is 0 Å². The van der Waals surface area contributed by atoms with Gasteiger partial charge in [0.15, 0.2) is 0 Å². The molecule has 1 N–H and O–H groups in total. The summed E-state index contributed by atoms with van der Waals surface area (Å²) in [6.45, 7) is 2.93. The number of aryl methyl sites for hydroxylation is 1. The molecule has 2 aromatic heterocycles. The fraction of sp³-hybridized carbons (Fsp3) is 0.200. The number of hydrogen-bond acceptors (Lipinski definition) is 4. The zero-order valence-electron chi connectivity index (χ0n) is 10.8. The Hall–Kier alpha value is -1.94. The van der Waals surface area contributed by atoms with Crippen LogP contribution in [0.4, 0.5) is 5.69 Å². The molecule has 0 aliphatic carbocycles. The molecule has 0 aliphatic rings. The lowest BCUT2D eigenvalue weighted by Gasteiger charge is -2.06. The zero-order chi connectivity index (χ0) is 13.1. The van der Waals surface area contributed by atoms with E-state index in [1.165, 1.54) is 5.01 Å². The van der Waals surface area contributed by atoms with E-state index in [1.54, 1.807) is 11.3 Å². The Kier molecular flexibility index (Phi) is 3.42. The third-order valence-electron chi connectivity index (χ3n) is 2.94. The molecule has 0 saturated carbocycles. The highest BCUT2D eigenvalue weighted by atomic mass is 32.1. The van der Waals surface area contributed by atoms with E-state index < -0.39 is 0 Å². The van der Waals surface area contributed by atoms with Crippen LogP contribution in [0.15, 0.2) is 41.9 Å². The second-order valence-electron chi connectivity index (χ2n) is 4.47. The van der Waals surface area contributed by atoms with Gasteiger partial charge >= 0.3 is 0 Å². The third kappa shape index (κ3) is 2.90. The lowest BCUT2D eigenvalue weighted by molar-refractivity contribution is 0.987. The molecule has 4 heteroatoms. The van der Waals surface area contributed by atoms with Gasteiger partial charge in [-0.3, -0.25) is 4.98 Å². The summed E-state index contributed by atoms with van der Waals surface area (Å²) in [5.41, 5.74) is 3.27. The first-order chi connectivity index (χ1) is 9.31. The number of aromatic nitrogens is 2. The van der Waals surface area contributed by atoms with Crippen LogP contribution in [0.2, 0.25) is 0 Å². The van der Waals surface area contributed by atoms with Crippen molar-refractivity contribution in [3.63, 3.8) is 0 Å². The molecular weight excluding hydrogens is 254 g/mol. The molecule has 19 heavy (non-hydrogen) atoms. The van der Waals surface area contributed by atoms with Crippen LogP contribution in [0.3, 0.4) is 0 Å². The minimum absolute atomic E-state index is 0.902. The van der Waals surface area contributed by atoms with Crippen molar-refractivity contribution in [2.75, 3.05) is 11.9 Å². The minimum atomic E-state index is 0.902. The van der Waals surface area contributed by atoms with Crippen molar-refractivity contribution < 1.29 is 0 Å². The summed E-state index contributed by atoms with van der Waals surface area (Å²) in [7, 11) is 0. The van der Waals surface area contributed by atoms with Gasteiger partial charge in [-0.1, -0.05) is 6.07 Å². The van der Waals surface area contributed by atoms with E-state index in [0.29, 0.717) is 0 Å². The first-order valence-electron chi connectivity index (χ1n) is 6.31. The molecule has 3 nitrogen and oxygen atoms in total. The van der Waals surface area contributed by atoms with Gasteiger partial charge in [0.05, 0.1) is 10.5 Å². The van der Waals surface area contributed by atoms with Gasteiger partial charge in [-0.2, -0.15) is 0 Å².